The van der Waals surface area contributed by atoms with Crippen molar-refractivity contribution < 1.29 is 19.1 Å². The van der Waals surface area contributed by atoms with Gasteiger partial charge in [0.05, 0.1) is 25.0 Å². The maximum atomic E-state index is 12.3. The zero-order valence-corrected chi connectivity index (χ0v) is 15.4. The first kappa shape index (κ1) is 20.7. The lowest BCUT2D eigenvalue weighted by molar-refractivity contribution is -0.161. The SMILES string of the molecule is CCCCCCCCOC(=O)C1CC=CCC1C(=O)OCCCC. The van der Waals surface area contributed by atoms with Crippen LogP contribution in [0.4, 0.5) is 0 Å². The lowest BCUT2D eigenvalue weighted by Crippen LogP contribution is -2.34. The van der Waals surface area contributed by atoms with Crippen molar-refractivity contribution >= 4 is 11.9 Å². The summed E-state index contributed by atoms with van der Waals surface area (Å²) in [5, 5.41) is 0. The van der Waals surface area contributed by atoms with Crippen molar-refractivity contribution in [3.63, 3.8) is 0 Å². The van der Waals surface area contributed by atoms with Crippen molar-refractivity contribution in [1.82, 2.24) is 0 Å². The molecule has 0 N–H and O–H groups in total. The van der Waals surface area contributed by atoms with E-state index in [1.54, 1.807) is 0 Å². The molecule has 0 radical (unpaired) electrons. The maximum absolute atomic E-state index is 12.3. The summed E-state index contributed by atoms with van der Waals surface area (Å²) in [6, 6.07) is 0. The summed E-state index contributed by atoms with van der Waals surface area (Å²) in [5.74, 6) is -1.27. The van der Waals surface area contributed by atoms with Crippen LogP contribution in [-0.4, -0.2) is 25.2 Å². The normalized spacial score (nSPS) is 19.9. The van der Waals surface area contributed by atoms with E-state index in [0.29, 0.717) is 26.1 Å². The second kappa shape index (κ2) is 13.0. The number of carbonyl (C=O) groups is 2. The highest BCUT2D eigenvalue weighted by atomic mass is 16.5. The van der Waals surface area contributed by atoms with Crippen molar-refractivity contribution in [2.45, 2.75) is 78.1 Å². The van der Waals surface area contributed by atoms with E-state index in [-0.39, 0.29) is 23.8 Å². The molecule has 2 atom stereocenters. The van der Waals surface area contributed by atoms with E-state index in [4.69, 9.17) is 9.47 Å². The Balaban J connectivity index is 2.31. The number of rotatable bonds is 12. The average Bonchev–Trinajstić information content (AvgIpc) is 2.61. The van der Waals surface area contributed by atoms with Crippen molar-refractivity contribution in [3.8, 4) is 0 Å². The Labute approximate surface area is 147 Å². The largest absolute Gasteiger partial charge is 0.465 e. The number of hydrogen-bond donors (Lipinski definition) is 0. The van der Waals surface area contributed by atoms with Gasteiger partial charge in [-0.05, 0) is 25.7 Å². The van der Waals surface area contributed by atoms with Crippen LogP contribution in [0.5, 0.6) is 0 Å². The third-order valence-electron chi connectivity index (χ3n) is 4.52. The van der Waals surface area contributed by atoms with E-state index in [1.165, 1.54) is 25.7 Å². The van der Waals surface area contributed by atoms with Crippen molar-refractivity contribution in [3.05, 3.63) is 12.2 Å². The predicted octanol–water partition coefficient (Wildman–Crippen LogP) is 4.82. The molecule has 1 rings (SSSR count). The van der Waals surface area contributed by atoms with Crippen molar-refractivity contribution in [2.24, 2.45) is 11.8 Å². The van der Waals surface area contributed by atoms with Crippen LogP contribution < -0.4 is 0 Å². The van der Waals surface area contributed by atoms with Gasteiger partial charge in [0.2, 0.25) is 0 Å². The Morgan fingerprint density at radius 2 is 1.21 bits per heavy atom. The van der Waals surface area contributed by atoms with Crippen LogP contribution >= 0.6 is 0 Å². The van der Waals surface area contributed by atoms with Gasteiger partial charge in [-0.1, -0.05) is 64.5 Å². The topological polar surface area (TPSA) is 52.6 Å². The van der Waals surface area contributed by atoms with E-state index in [9.17, 15) is 9.59 Å². The lowest BCUT2D eigenvalue weighted by Gasteiger charge is -2.25. The molecule has 0 spiro atoms. The number of ether oxygens (including phenoxy) is 2. The highest BCUT2D eigenvalue weighted by Crippen LogP contribution is 2.28. The smallest absolute Gasteiger partial charge is 0.310 e. The van der Waals surface area contributed by atoms with E-state index < -0.39 is 0 Å². The van der Waals surface area contributed by atoms with Crippen LogP contribution in [0.25, 0.3) is 0 Å². The predicted molar refractivity (Wildman–Crippen MR) is 95.6 cm³/mol. The van der Waals surface area contributed by atoms with Gasteiger partial charge in [0.1, 0.15) is 0 Å². The van der Waals surface area contributed by atoms with E-state index in [1.807, 2.05) is 12.2 Å². The van der Waals surface area contributed by atoms with E-state index >= 15 is 0 Å². The van der Waals surface area contributed by atoms with E-state index in [0.717, 1.165) is 25.7 Å². The first-order valence-electron chi connectivity index (χ1n) is 9.69. The van der Waals surface area contributed by atoms with Crippen molar-refractivity contribution in [1.29, 1.82) is 0 Å². The molecule has 0 saturated heterocycles. The number of unbranched alkanes of at least 4 members (excludes halogenated alkanes) is 6. The van der Waals surface area contributed by atoms with Crippen LogP contribution in [0, 0.1) is 11.8 Å². The molecule has 0 aromatic heterocycles. The molecule has 24 heavy (non-hydrogen) atoms. The maximum Gasteiger partial charge on any atom is 0.310 e. The van der Waals surface area contributed by atoms with Crippen LogP contribution in [0.1, 0.15) is 78.1 Å². The first-order chi connectivity index (χ1) is 11.7. The molecule has 0 heterocycles. The average molecular weight is 338 g/mol. The number of hydrogen-bond acceptors (Lipinski definition) is 4. The molecule has 2 unspecified atom stereocenters. The van der Waals surface area contributed by atoms with Crippen molar-refractivity contribution in [2.75, 3.05) is 13.2 Å². The minimum absolute atomic E-state index is 0.245. The third kappa shape index (κ3) is 7.98. The molecule has 0 fully saturated rings. The molecule has 0 aromatic carbocycles. The van der Waals surface area contributed by atoms with Crippen LogP contribution in [0.15, 0.2) is 12.2 Å². The summed E-state index contributed by atoms with van der Waals surface area (Å²) in [6.45, 7) is 5.15. The zero-order valence-electron chi connectivity index (χ0n) is 15.4. The molecule has 4 heteroatoms. The second-order valence-electron chi connectivity index (χ2n) is 6.61. The fraction of sp³-hybridized carbons (Fsp3) is 0.800. The fourth-order valence-corrected chi connectivity index (χ4v) is 2.92. The molecule has 0 saturated carbocycles. The molecule has 138 valence electrons. The summed E-state index contributed by atoms with van der Waals surface area (Å²) in [4.78, 5) is 24.5. The van der Waals surface area contributed by atoms with Gasteiger partial charge in [-0.25, -0.2) is 0 Å². The molecule has 0 amide bonds. The summed E-state index contributed by atoms with van der Waals surface area (Å²) in [7, 11) is 0. The fourth-order valence-electron chi connectivity index (χ4n) is 2.92. The Hall–Kier alpha value is -1.32. The van der Waals surface area contributed by atoms with Crippen LogP contribution in [0.2, 0.25) is 0 Å². The van der Waals surface area contributed by atoms with Gasteiger partial charge in [-0.2, -0.15) is 0 Å². The third-order valence-corrected chi connectivity index (χ3v) is 4.52. The van der Waals surface area contributed by atoms with Gasteiger partial charge in [0.15, 0.2) is 0 Å². The molecule has 4 nitrogen and oxygen atoms in total. The Kier molecular flexibility index (Phi) is 11.2. The molecular formula is C20H34O4. The Morgan fingerprint density at radius 1 is 0.750 bits per heavy atom. The highest BCUT2D eigenvalue weighted by Gasteiger charge is 2.36. The van der Waals surface area contributed by atoms with Gasteiger partial charge in [0, 0.05) is 0 Å². The van der Waals surface area contributed by atoms with Gasteiger partial charge in [0.25, 0.3) is 0 Å². The highest BCUT2D eigenvalue weighted by molar-refractivity contribution is 5.82. The van der Waals surface area contributed by atoms with Crippen LogP contribution in [0.3, 0.4) is 0 Å². The molecule has 0 aromatic rings. The molecule has 1 aliphatic carbocycles. The zero-order chi connectivity index (χ0) is 17.6. The summed E-state index contributed by atoms with van der Waals surface area (Å²) in [6.07, 6.45) is 13.9. The van der Waals surface area contributed by atoms with Gasteiger partial charge >= 0.3 is 11.9 Å². The Bertz CT molecular complexity index is 389. The minimum atomic E-state index is -0.385. The first-order valence-corrected chi connectivity index (χ1v) is 9.69. The quantitative estimate of drug-likeness (QED) is 0.291. The summed E-state index contributed by atoms with van der Waals surface area (Å²) >= 11 is 0. The van der Waals surface area contributed by atoms with Gasteiger partial charge in [-0.3, -0.25) is 9.59 Å². The summed E-state index contributed by atoms with van der Waals surface area (Å²) < 4.78 is 10.7. The minimum Gasteiger partial charge on any atom is -0.465 e. The van der Waals surface area contributed by atoms with Crippen LogP contribution in [-0.2, 0) is 19.1 Å². The molecule has 0 aliphatic heterocycles. The molecule has 0 bridgehead atoms. The number of allylic oxidation sites excluding steroid dienone is 2. The standard InChI is InChI=1S/C20H34O4/c1-3-5-7-8-9-12-16-24-20(22)18-14-11-10-13-17(18)19(21)23-15-6-4-2/h10-11,17-18H,3-9,12-16H2,1-2H3. The molecule has 1 aliphatic rings. The van der Waals surface area contributed by atoms with E-state index in [2.05, 4.69) is 13.8 Å². The Morgan fingerprint density at radius 3 is 1.75 bits per heavy atom. The second-order valence-corrected chi connectivity index (χ2v) is 6.61. The summed E-state index contributed by atoms with van der Waals surface area (Å²) in [5.41, 5.74) is 0. The van der Waals surface area contributed by atoms with Gasteiger partial charge in [-0.15, -0.1) is 0 Å². The number of esters is 2. The lowest BCUT2D eigenvalue weighted by atomic mass is 9.83. The molecular weight excluding hydrogens is 304 g/mol. The monoisotopic (exact) mass is 338 g/mol. The van der Waals surface area contributed by atoms with Gasteiger partial charge < -0.3 is 9.47 Å². The number of carbonyl (C=O) groups excluding carboxylic acids is 2.